The Kier molecular flexibility index (Phi) is 6.97. The zero-order valence-electron chi connectivity index (χ0n) is 20.0. The van der Waals surface area contributed by atoms with Gasteiger partial charge in [-0.25, -0.2) is 4.98 Å². The van der Waals surface area contributed by atoms with Crippen LogP contribution in [0.4, 0.5) is 24.8 Å². The van der Waals surface area contributed by atoms with Crippen molar-refractivity contribution in [1.29, 1.82) is 0 Å². The van der Waals surface area contributed by atoms with Crippen molar-refractivity contribution in [2.45, 2.75) is 44.4 Å². The molecule has 190 valence electrons. The molecule has 5 rings (SSSR count). The number of hydrogen-bond acceptors (Lipinski definition) is 8. The second-order valence-corrected chi connectivity index (χ2v) is 9.48. The molecule has 0 bridgehead atoms. The number of likely N-dealkylation sites (N-methyl/N-ethyl adjacent to an activating group) is 1. The fourth-order valence-corrected chi connectivity index (χ4v) is 5.20. The van der Waals surface area contributed by atoms with Crippen molar-refractivity contribution >= 4 is 11.6 Å². The third-order valence-corrected chi connectivity index (χ3v) is 7.13. The number of aromatic nitrogens is 3. The summed E-state index contributed by atoms with van der Waals surface area (Å²) in [5.41, 5.74) is 1.00. The quantitative estimate of drug-likeness (QED) is 0.685. The Hall–Kier alpha value is -2.66. The van der Waals surface area contributed by atoms with E-state index in [9.17, 15) is 13.2 Å². The summed E-state index contributed by atoms with van der Waals surface area (Å²) in [6.45, 7) is 5.59. The van der Waals surface area contributed by atoms with Crippen LogP contribution in [0.15, 0.2) is 18.3 Å². The summed E-state index contributed by atoms with van der Waals surface area (Å²) in [6.07, 6.45) is 0.538. The summed E-state index contributed by atoms with van der Waals surface area (Å²) >= 11 is 0. The minimum absolute atomic E-state index is 0.0507. The molecule has 0 unspecified atom stereocenters. The van der Waals surface area contributed by atoms with E-state index in [-0.39, 0.29) is 12.4 Å². The number of rotatable bonds is 5. The molecule has 1 atom stereocenters. The lowest BCUT2D eigenvalue weighted by molar-refractivity contribution is -0.137. The fraction of sp³-hybridized carbons (Fsp3) is 0.625. The SMILES string of the molecule is CN1CCC[C@H]1COc1nc2c(c(N3CCNCC3)n1)CCCN(c1ncccc1C(F)(F)F)C2. The Bertz CT molecular complexity index is 1030. The monoisotopic (exact) mass is 491 g/mol. The third-order valence-electron chi connectivity index (χ3n) is 7.13. The minimum Gasteiger partial charge on any atom is -0.462 e. The number of piperazine rings is 1. The van der Waals surface area contributed by atoms with Gasteiger partial charge in [-0.15, -0.1) is 0 Å². The smallest absolute Gasteiger partial charge is 0.419 e. The molecule has 35 heavy (non-hydrogen) atoms. The molecule has 3 aliphatic rings. The second-order valence-electron chi connectivity index (χ2n) is 9.48. The first-order valence-electron chi connectivity index (χ1n) is 12.4. The number of alkyl halides is 3. The van der Waals surface area contributed by atoms with Crippen LogP contribution in [-0.4, -0.2) is 78.8 Å². The first-order chi connectivity index (χ1) is 16.9. The Morgan fingerprint density at radius 3 is 2.63 bits per heavy atom. The van der Waals surface area contributed by atoms with Crippen molar-refractivity contribution in [3.63, 3.8) is 0 Å². The Balaban J connectivity index is 1.48. The van der Waals surface area contributed by atoms with Crippen LogP contribution in [0.1, 0.15) is 36.1 Å². The molecule has 8 nitrogen and oxygen atoms in total. The lowest BCUT2D eigenvalue weighted by Crippen LogP contribution is -2.44. The van der Waals surface area contributed by atoms with E-state index >= 15 is 0 Å². The number of anilines is 2. The van der Waals surface area contributed by atoms with Gasteiger partial charge >= 0.3 is 12.2 Å². The molecule has 0 radical (unpaired) electrons. The first-order valence-corrected chi connectivity index (χ1v) is 12.4. The van der Waals surface area contributed by atoms with Gasteiger partial charge in [-0.3, -0.25) is 0 Å². The maximum atomic E-state index is 13.7. The molecule has 0 aliphatic carbocycles. The highest BCUT2D eigenvalue weighted by Gasteiger charge is 2.36. The van der Waals surface area contributed by atoms with Crippen LogP contribution in [0.5, 0.6) is 6.01 Å². The van der Waals surface area contributed by atoms with Gasteiger partial charge in [0, 0.05) is 50.5 Å². The van der Waals surface area contributed by atoms with E-state index in [1.807, 2.05) is 0 Å². The average Bonchev–Trinajstić information content (AvgIpc) is 3.14. The van der Waals surface area contributed by atoms with Crippen LogP contribution in [0.2, 0.25) is 0 Å². The van der Waals surface area contributed by atoms with Crippen molar-refractivity contribution in [2.75, 3.05) is 62.7 Å². The van der Waals surface area contributed by atoms with E-state index in [4.69, 9.17) is 14.7 Å². The number of hydrogen-bond donors (Lipinski definition) is 1. The van der Waals surface area contributed by atoms with Gasteiger partial charge < -0.3 is 24.8 Å². The Morgan fingerprint density at radius 2 is 1.89 bits per heavy atom. The molecular weight excluding hydrogens is 459 g/mol. The molecule has 0 spiro atoms. The molecule has 1 N–H and O–H groups in total. The zero-order chi connectivity index (χ0) is 24.4. The molecule has 2 aromatic rings. The van der Waals surface area contributed by atoms with E-state index in [0.717, 1.165) is 68.7 Å². The number of halogens is 3. The number of nitrogens with one attached hydrogen (secondary N) is 1. The highest BCUT2D eigenvalue weighted by atomic mass is 19.4. The van der Waals surface area contributed by atoms with Gasteiger partial charge in [0.2, 0.25) is 0 Å². The van der Waals surface area contributed by atoms with Crippen molar-refractivity contribution in [3.8, 4) is 6.01 Å². The molecule has 0 amide bonds. The maximum absolute atomic E-state index is 13.7. The molecular formula is C24H32F3N7O. The predicted molar refractivity (Wildman–Crippen MR) is 127 cm³/mol. The van der Waals surface area contributed by atoms with Gasteiger partial charge in [0.05, 0.1) is 17.8 Å². The molecule has 2 aromatic heterocycles. The van der Waals surface area contributed by atoms with E-state index in [0.29, 0.717) is 38.0 Å². The van der Waals surface area contributed by atoms with Gasteiger partial charge in [-0.05, 0) is 51.4 Å². The largest absolute Gasteiger partial charge is 0.462 e. The molecule has 0 saturated carbocycles. The van der Waals surface area contributed by atoms with E-state index in [1.165, 1.54) is 12.3 Å². The molecule has 2 fully saturated rings. The number of fused-ring (bicyclic) bond motifs is 1. The molecule has 5 heterocycles. The van der Waals surface area contributed by atoms with Crippen molar-refractivity contribution in [1.82, 2.24) is 25.2 Å². The summed E-state index contributed by atoms with van der Waals surface area (Å²) in [6, 6.07) is 3.04. The van der Waals surface area contributed by atoms with Crippen molar-refractivity contribution < 1.29 is 17.9 Å². The molecule has 0 aromatic carbocycles. The van der Waals surface area contributed by atoms with Crippen LogP contribution in [0.25, 0.3) is 0 Å². The fourth-order valence-electron chi connectivity index (χ4n) is 5.20. The lowest BCUT2D eigenvalue weighted by atomic mass is 10.1. The number of nitrogens with zero attached hydrogens (tertiary/aromatic N) is 6. The van der Waals surface area contributed by atoms with E-state index in [1.54, 1.807) is 4.90 Å². The predicted octanol–water partition coefficient (Wildman–Crippen LogP) is 2.73. The van der Waals surface area contributed by atoms with Gasteiger partial charge in [-0.2, -0.15) is 23.1 Å². The van der Waals surface area contributed by atoms with Crippen LogP contribution < -0.4 is 19.9 Å². The third kappa shape index (κ3) is 5.30. The maximum Gasteiger partial charge on any atom is 0.419 e. The van der Waals surface area contributed by atoms with E-state index in [2.05, 4.69) is 27.1 Å². The van der Waals surface area contributed by atoms with Crippen molar-refractivity contribution in [2.24, 2.45) is 0 Å². The lowest BCUT2D eigenvalue weighted by Gasteiger charge is -2.31. The van der Waals surface area contributed by atoms with Gasteiger partial charge in [0.15, 0.2) is 0 Å². The standard InChI is InChI=1S/C24H32F3N7O/c1-32-11-3-5-17(32)16-35-23-30-20-15-34(22-19(24(25,26)27)7-2-8-29-22)12-4-6-18(20)21(31-23)33-13-9-28-10-14-33/h2,7-8,17,28H,3-6,9-16H2,1H3/t17-/m0/s1. The van der Waals surface area contributed by atoms with Gasteiger partial charge in [0.1, 0.15) is 18.2 Å². The second kappa shape index (κ2) is 10.1. The van der Waals surface area contributed by atoms with Crippen LogP contribution in [-0.2, 0) is 19.1 Å². The number of likely N-dealkylation sites (tertiary alicyclic amines) is 1. The van der Waals surface area contributed by atoms with Gasteiger partial charge in [-0.1, -0.05) is 0 Å². The summed E-state index contributed by atoms with van der Waals surface area (Å²) in [7, 11) is 2.09. The number of ether oxygens (including phenoxy) is 1. The summed E-state index contributed by atoms with van der Waals surface area (Å²) < 4.78 is 47.3. The highest BCUT2D eigenvalue weighted by Crippen LogP contribution is 2.37. The zero-order valence-corrected chi connectivity index (χ0v) is 20.0. The highest BCUT2D eigenvalue weighted by molar-refractivity contribution is 5.54. The van der Waals surface area contributed by atoms with Crippen LogP contribution in [0.3, 0.4) is 0 Å². The van der Waals surface area contributed by atoms with Gasteiger partial charge in [0.25, 0.3) is 0 Å². The topological polar surface area (TPSA) is 69.7 Å². The first kappa shape index (κ1) is 24.1. The average molecular weight is 492 g/mol. The Labute approximate surface area is 203 Å². The normalized spacial score (nSPS) is 21.7. The minimum atomic E-state index is -4.47. The van der Waals surface area contributed by atoms with Crippen LogP contribution >= 0.6 is 0 Å². The van der Waals surface area contributed by atoms with Crippen molar-refractivity contribution in [3.05, 3.63) is 35.2 Å². The molecule has 3 aliphatic heterocycles. The summed E-state index contributed by atoms with van der Waals surface area (Å²) in [5.74, 6) is 0.801. The Morgan fingerprint density at radius 1 is 1.06 bits per heavy atom. The van der Waals surface area contributed by atoms with Crippen LogP contribution in [0, 0.1) is 0 Å². The summed E-state index contributed by atoms with van der Waals surface area (Å²) in [5, 5.41) is 3.36. The number of pyridine rings is 1. The molecule has 2 saturated heterocycles. The van der Waals surface area contributed by atoms with E-state index < -0.39 is 11.7 Å². The molecule has 11 heteroatoms. The summed E-state index contributed by atoms with van der Waals surface area (Å²) in [4.78, 5) is 19.9.